The summed E-state index contributed by atoms with van der Waals surface area (Å²) >= 11 is 0. The topological polar surface area (TPSA) is 79.4 Å². The van der Waals surface area contributed by atoms with E-state index in [0.717, 1.165) is 6.07 Å². The Morgan fingerprint density at radius 1 is 1.57 bits per heavy atom. The molecule has 1 aromatic rings. The van der Waals surface area contributed by atoms with E-state index in [4.69, 9.17) is 5.73 Å². The maximum Gasteiger partial charge on any atom is 0.213 e. The molecule has 1 aromatic heterocycles. The summed E-state index contributed by atoms with van der Waals surface area (Å²) in [6.07, 6.45) is -0.954. The van der Waals surface area contributed by atoms with Gasteiger partial charge in [0.1, 0.15) is 6.10 Å². The Hall–Kier alpha value is -1.04. The molecule has 0 aliphatic rings. The van der Waals surface area contributed by atoms with E-state index in [9.17, 15) is 14.6 Å². The maximum atomic E-state index is 12.7. The van der Waals surface area contributed by atoms with Gasteiger partial charge in [0.05, 0.1) is 6.10 Å². The molecule has 0 aromatic carbocycles. The van der Waals surface area contributed by atoms with E-state index in [1.54, 1.807) is 6.92 Å². The molecule has 0 saturated heterocycles. The Balaban J connectivity index is 2.99. The Morgan fingerprint density at radius 2 is 2.21 bits per heavy atom. The molecule has 0 bridgehead atoms. The van der Waals surface area contributed by atoms with E-state index in [0.29, 0.717) is 11.1 Å². The third-order valence-electron chi connectivity index (χ3n) is 2.04. The van der Waals surface area contributed by atoms with E-state index < -0.39 is 18.2 Å². The van der Waals surface area contributed by atoms with Crippen LogP contribution in [-0.4, -0.2) is 27.8 Å². The molecule has 4 N–H and O–H groups in total. The molecule has 78 valence electrons. The van der Waals surface area contributed by atoms with Gasteiger partial charge in [0.2, 0.25) is 5.95 Å². The van der Waals surface area contributed by atoms with Crippen molar-refractivity contribution in [3.8, 4) is 0 Å². The van der Waals surface area contributed by atoms with Crippen molar-refractivity contribution in [3.05, 3.63) is 29.3 Å². The fraction of sp³-hybridized carbons (Fsp3) is 0.444. The second-order valence-electron chi connectivity index (χ2n) is 3.11. The highest BCUT2D eigenvalue weighted by Gasteiger charge is 2.19. The lowest BCUT2D eigenvalue weighted by Crippen LogP contribution is -2.27. The first kappa shape index (κ1) is 11.0. The standard InChI is InChI=1S/C9H13FN2O2/c1-5-4-12-8(10)2-6(5)9(14)7(13)3-11/h2,4,7,9,13-14H,3,11H2,1H3. The zero-order valence-electron chi connectivity index (χ0n) is 7.81. The number of rotatable bonds is 3. The van der Waals surface area contributed by atoms with Crippen LogP contribution >= 0.6 is 0 Å². The van der Waals surface area contributed by atoms with Crippen LogP contribution in [-0.2, 0) is 0 Å². The number of halogens is 1. The van der Waals surface area contributed by atoms with Crippen LogP contribution in [0, 0.1) is 12.9 Å². The summed E-state index contributed by atoms with van der Waals surface area (Å²) in [5, 5.41) is 18.8. The number of aryl methyl sites for hydroxylation is 1. The smallest absolute Gasteiger partial charge is 0.213 e. The molecule has 14 heavy (non-hydrogen) atoms. The second-order valence-corrected chi connectivity index (χ2v) is 3.11. The average Bonchev–Trinajstić information content (AvgIpc) is 2.19. The third-order valence-corrected chi connectivity index (χ3v) is 2.04. The van der Waals surface area contributed by atoms with Crippen LogP contribution in [0.3, 0.4) is 0 Å². The summed E-state index contributed by atoms with van der Waals surface area (Å²) in [5.41, 5.74) is 6.11. The summed E-state index contributed by atoms with van der Waals surface area (Å²) in [6.45, 7) is 1.60. The van der Waals surface area contributed by atoms with Crippen LogP contribution in [0.15, 0.2) is 12.3 Å². The quantitative estimate of drug-likeness (QED) is 0.594. The summed E-state index contributed by atoms with van der Waals surface area (Å²) < 4.78 is 12.7. The largest absolute Gasteiger partial charge is 0.389 e. The Bertz CT molecular complexity index is 320. The second kappa shape index (κ2) is 4.45. The minimum Gasteiger partial charge on any atom is -0.389 e. The van der Waals surface area contributed by atoms with Crippen molar-refractivity contribution in [2.24, 2.45) is 5.73 Å². The lowest BCUT2D eigenvalue weighted by atomic mass is 10.0. The van der Waals surface area contributed by atoms with Gasteiger partial charge in [0, 0.05) is 12.7 Å². The predicted octanol–water partition coefficient (Wildman–Crippen LogP) is -0.118. The van der Waals surface area contributed by atoms with Crippen molar-refractivity contribution in [2.45, 2.75) is 19.1 Å². The van der Waals surface area contributed by atoms with Crippen molar-refractivity contribution < 1.29 is 14.6 Å². The first-order chi connectivity index (χ1) is 6.56. The summed E-state index contributed by atoms with van der Waals surface area (Å²) in [6, 6.07) is 1.10. The number of pyridine rings is 1. The molecule has 4 nitrogen and oxygen atoms in total. The minimum atomic E-state index is -1.17. The van der Waals surface area contributed by atoms with E-state index in [-0.39, 0.29) is 6.54 Å². The van der Waals surface area contributed by atoms with Crippen molar-refractivity contribution in [2.75, 3.05) is 6.54 Å². The lowest BCUT2D eigenvalue weighted by Gasteiger charge is -2.17. The summed E-state index contributed by atoms with van der Waals surface area (Å²) in [4.78, 5) is 3.42. The molecule has 0 radical (unpaired) electrons. The maximum absolute atomic E-state index is 12.7. The molecule has 2 atom stereocenters. The molecule has 0 spiro atoms. The van der Waals surface area contributed by atoms with Crippen LogP contribution in [0.25, 0.3) is 0 Å². The molecule has 0 amide bonds. The summed E-state index contributed by atoms with van der Waals surface area (Å²) in [7, 11) is 0. The normalized spacial score (nSPS) is 15.2. The number of aliphatic hydroxyl groups is 2. The van der Waals surface area contributed by atoms with Gasteiger partial charge in [0.15, 0.2) is 0 Å². The highest BCUT2D eigenvalue weighted by Crippen LogP contribution is 2.20. The first-order valence-electron chi connectivity index (χ1n) is 4.24. The van der Waals surface area contributed by atoms with Crippen molar-refractivity contribution in [1.29, 1.82) is 0 Å². The van der Waals surface area contributed by atoms with Gasteiger partial charge in [-0.2, -0.15) is 4.39 Å². The molecule has 1 heterocycles. The van der Waals surface area contributed by atoms with Crippen LogP contribution in [0.4, 0.5) is 4.39 Å². The van der Waals surface area contributed by atoms with Gasteiger partial charge in [0.25, 0.3) is 0 Å². The fourth-order valence-corrected chi connectivity index (χ4v) is 1.17. The van der Waals surface area contributed by atoms with Crippen LogP contribution < -0.4 is 5.73 Å². The Kier molecular flexibility index (Phi) is 3.51. The van der Waals surface area contributed by atoms with Gasteiger partial charge in [-0.15, -0.1) is 0 Å². The molecule has 1 rings (SSSR count). The van der Waals surface area contributed by atoms with Gasteiger partial charge in [-0.25, -0.2) is 4.98 Å². The zero-order valence-corrected chi connectivity index (χ0v) is 7.81. The molecule has 0 aliphatic heterocycles. The van der Waals surface area contributed by atoms with Gasteiger partial charge < -0.3 is 15.9 Å². The molecule has 2 unspecified atom stereocenters. The number of nitrogens with two attached hydrogens (primary N) is 1. The van der Waals surface area contributed by atoms with E-state index in [1.165, 1.54) is 6.20 Å². The third kappa shape index (κ3) is 2.25. The van der Waals surface area contributed by atoms with Gasteiger partial charge in [-0.3, -0.25) is 0 Å². The Labute approximate surface area is 81.2 Å². The zero-order chi connectivity index (χ0) is 10.7. The molecule has 0 saturated carbocycles. The minimum absolute atomic E-state index is 0.0788. The van der Waals surface area contributed by atoms with Gasteiger partial charge in [-0.05, 0) is 24.1 Å². The number of hydrogen-bond donors (Lipinski definition) is 3. The first-order valence-corrected chi connectivity index (χ1v) is 4.24. The molecule has 0 fully saturated rings. The van der Waals surface area contributed by atoms with Gasteiger partial charge in [-0.1, -0.05) is 0 Å². The molecule has 0 aliphatic carbocycles. The van der Waals surface area contributed by atoms with E-state index >= 15 is 0 Å². The predicted molar refractivity (Wildman–Crippen MR) is 49.0 cm³/mol. The van der Waals surface area contributed by atoms with Crippen LogP contribution in [0.1, 0.15) is 17.2 Å². The van der Waals surface area contributed by atoms with Crippen molar-refractivity contribution >= 4 is 0 Å². The monoisotopic (exact) mass is 200 g/mol. The highest BCUT2D eigenvalue weighted by molar-refractivity contribution is 5.25. The number of aromatic nitrogens is 1. The molecular formula is C9H13FN2O2. The van der Waals surface area contributed by atoms with Crippen molar-refractivity contribution in [1.82, 2.24) is 4.98 Å². The number of aliphatic hydroxyl groups excluding tert-OH is 2. The molecular weight excluding hydrogens is 187 g/mol. The Morgan fingerprint density at radius 3 is 2.79 bits per heavy atom. The lowest BCUT2D eigenvalue weighted by molar-refractivity contribution is 0.0237. The van der Waals surface area contributed by atoms with Crippen molar-refractivity contribution in [3.63, 3.8) is 0 Å². The summed E-state index contributed by atoms with van der Waals surface area (Å²) in [5.74, 6) is -0.686. The average molecular weight is 200 g/mol. The van der Waals surface area contributed by atoms with Gasteiger partial charge >= 0.3 is 0 Å². The molecule has 5 heteroatoms. The number of nitrogens with zero attached hydrogens (tertiary/aromatic N) is 1. The SMILES string of the molecule is Cc1cnc(F)cc1C(O)C(O)CN. The van der Waals surface area contributed by atoms with Crippen LogP contribution in [0.5, 0.6) is 0 Å². The van der Waals surface area contributed by atoms with Crippen LogP contribution in [0.2, 0.25) is 0 Å². The van der Waals surface area contributed by atoms with E-state index in [2.05, 4.69) is 4.98 Å². The van der Waals surface area contributed by atoms with E-state index in [1.807, 2.05) is 0 Å². The number of hydrogen-bond acceptors (Lipinski definition) is 4. The fourth-order valence-electron chi connectivity index (χ4n) is 1.17. The highest BCUT2D eigenvalue weighted by atomic mass is 19.1.